The normalized spacial score (nSPS) is 12.7. The third-order valence-corrected chi connectivity index (χ3v) is 4.56. The highest BCUT2D eigenvalue weighted by molar-refractivity contribution is 14.0. The van der Waals surface area contributed by atoms with E-state index in [0.717, 1.165) is 16.7 Å². The van der Waals surface area contributed by atoms with Crippen molar-refractivity contribution < 1.29 is 22.6 Å². The number of methoxy groups -OCH3 is 1. The van der Waals surface area contributed by atoms with Crippen molar-refractivity contribution in [2.75, 3.05) is 27.2 Å². The van der Waals surface area contributed by atoms with E-state index >= 15 is 0 Å². The van der Waals surface area contributed by atoms with E-state index in [-0.39, 0.29) is 30.1 Å². The molecule has 0 saturated heterocycles. The summed E-state index contributed by atoms with van der Waals surface area (Å²) >= 11 is 0.995. The molecule has 29 heavy (non-hydrogen) atoms. The molecule has 0 amide bonds. The van der Waals surface area contributed by atoms with Crippen LogP contribution >= 0.6 is 35.3 Å². The highest BCUT2D eigenvalue weighted by atomic mass is 127. The molecule has 1 unspecified atom stereocenters. The lowest BCUT2D eigenvalue weighted by atomic mass is 10.3. The predicted octanol–water partition coefficient (Wildman–Crippen LogP) is 3.96. The topological polar surface area (TPSA) is 67.8 Å². The number of aliphatic imine (C=N–C) groups is 1. The fourth-order valence-electron chi connectivity index (χ4n) is 2.28. The average molecular weight is 544 g/mol. The van der Waals surface area contributed by atoms with E-state index in [1.807, 2.05) is 31.2 Å². The molecule has 1 heterocycles. The Kier molecular flexibility index (Phi) is 10.5. The largest absolute Gasteiger partial charge is 0.493 e. The van der Waals surface area contributed by atoms with E-state index in [4.69, 9.17) is 9.47 Å². The van der Waals surface area contributed by atoms with E-state index in [1.165, 1.54) is 0 Å². The van der Waals surface area contributed by atoms with Crippen molar-refractivity contribution in [3.63, 3.8) is 0 Å². The molecular formula is C18H24F3IN4O2S. The van der Waals surface area contributed by atoms with Crippen LogP contribution in [0.2, 0.25) is 0 Å². The highest BCUT2D eigenvalue weighted by Crippen LogP contribution is 2.30. The molecule has 0 fully saturated rings. The number of alkyl halides is 3. The molecule has 2 rings (SSSR count). The second-order valence-electron chi connectivity index (χ2n) is 5.83. The molecule has 0 aliphatic rings. The van der Waals surface area contributed by atoms with E-state index in [2.05, 4.69) is 20.6 Å². The minimum atomic E-state index is -4.41. The number of thiazole rings is 1. The van der Waals surface area contributed by atoms with E-state index < -0.39 is 11.9 Å². The number of benzene rings is 1. The second-order valence-corrected chi connectivity index (χ2v) is 6.78. The molecule has 11 heteroatoms. The van der Waals surface area contributed by atoms with Crippen molar-refractivity contribution in [2.45, 2.75) is 25.6 Å². The van der Waals surface area contributed by atoms with Crippen molar-refractivity contribution in [1.82, 2.24) is 15.6 Å². The van der Waals surface area contributed by atoms with Crippen LogP contribution in [0.4, 0.5) is 13.2 Å². The lowest BCUT2D eigenvalue weighted by molar-refractivity contribution is -0.140. The van der Waals surface area contributed by atoms with Crippen LogP contribution in [0.3, 0.4) is 0 Å². The molecule has 0 aliphatic carbocycles. The fraction of sp³-hybridized carbons (Fsp3) is 0.444. The third-order valence-electron chi connectivity index (χ3n) is 3.65. The van der Waals surface area contributed by atoms with Gasteiger partial charge in [-0.25, -0.2) is 4.98 Å². The third kappa shape index (κ3) is 8.25. The van der Waals surface area contributed by atoms with Crippen LogP contribution in [-0.2, 0) is 12.6 Å². The monoisotopic (exact) mass is 544 g/mol. The number of ether oxygens (including phenoxy) is 2. The van der Waals surface area contributed by atoms with Crippen LogP contribution in [0.5, 0.6) is 11.5 Å². The Morgan fingerprint density at radius 1 is 1.24 bits per heavy atom. The minimum Gasteiger partial charge on any atom is -0.493 e. The van der Waals surface area contributed by atoms with Gasteiger partial charge in [0.2, 0.25) is 0 Å². The molecule has 162 valence electrons. The van der Waals surface area contributed by atoms with E-state index in [9.17, 15) is 13.2 Å². The predicted molar refractivity (Wildman–Crippen MR) is 119 cm³/mol. The van der Waals surface area contributed by atoms with Gasteiger partial charge in [0.25, 0.3) is 0 Å². The number of aromatic nitrogens is 1. The van der Waals surface area contributed by atoms with Gasteiger partial charge in [0.15, 0.2) is 23.2 Å². The molecule has 0 aliphatic heterocycles. The Morgan fingerprint density at radius 3 is 2.52 bits per heavy atom. The maximum atomic E-state index is 12.6. The van der Waals surface area contributed by atoms with Crippen molar-refractivity contribution >= 4 is 41.3 Å². The van der Waals surface area contributed by atoms with Crippen molar-refractivity contribution in [3.05, 3.63) is 40.3 Å². The van der Waals surface area contributed by atoms with Crippen molar-refractivity contribution in [1.29, 1.82) is 0 Å². The first-order valence-corrected chi connectivity index (χ1v) is 9.47. The Morgan fingerprint density at radius 2 is 1.93 bits per heavy atom. The van der Waals surface area contributed by atoms with Gasteiger partial charge in [-0.05, 0) is 19.1 Å². The minimum absolute atomic E-state index is 0. The summed E-state index contributed by atoms with van der Waals surface area (Å²) in [7, 11) is 3.20. The summed E-state index contributed by atoms with van der Waals surface area (Å²) in [6.07, 6.45) is -4.20. The first kappa shape index (κ1) is 25.3. The number of hydrogen-bond donors (Lipinski definition) is 2. The smallest absolute Gasteiger partial charge is 0.434 e. The van der Waals surface area contributed by atoms with Crippen molar-refractivity contribution in [3.8, 4) is 11.5 Å². The summed E-state index contributed by atoms with van der Waals surface area (Å²) in [6.45, 7) is 2.79. The van der Waals surface area contributed by atoms with Crippen LogP contribution in [0.1, 0.15) is 17.6 Å². The summed E-state index contributed by atoms with van der Waals surface area (Å²) in [5.74, 6) is 1.83. The van der Waals surface area contributed by atoms with Gasteiger partial charge in [0.1, 0.15) is 6.10 Å². The standard InChI is InChI=1S/C18H23F3N4O2S.HI/c1-12(27-14-7-5-4-6-13(14)26-3)10-24-17(22-2)23-9-8-16-25-15(11-28-16)18(19,20)21;/h4-7,11-12H,8-10H2,1-3H3,(H2,22,23,24);1H. The van der Waals surface area contributed by atoms with Crippen LogP contribution in [0.25, 0.3) is 0 Å². The SMILES string of the molecule is CN=C(NCCc1nc(C(F)(F)F)cs1)NCC(C)Oc1ccccc1OC.I. The fourth-order valence-corrected chi connectivity index (χ4v) is 3.08. The van der Waals surface area contributed by atoms with Gasteiger partial charge >= 0.3 is 6.18 Å². The Bertz CT molecular complexity index is 786. The van der Waals surface area contributed by atoms with Gasteiger partial charge in [-0.1, -0.05) is 12.1 Å². The Labute approximate surface area is 188 Å². The lowest BCUT2D eigenvalue weighted by Gasteiger charge is -2.19. The quantitative estimate of drug-likeness (QED) is 0.299. The number of nitrogens with one attached hydrogen (secondary N) is 2. The molecule has 2 N–H and O–H groups in total. The first-order chi connectivity index (χ1) is 13.3. The molecular weight excluding hydrogens is 520 g/mol. The zero-order valence-electron chi connectivity index (χ0n) is 16.2. The van der Waals surface area contributed by atoms with Gasteiger partial charge in [-0.15, -0.1) is 35.3 Å². The molecule has 2 aromatic rings. The van der Waals surface area contributed by atoms with E-state index in [0.29, 0.717) is 42.0 Å². The molecule has 1 aromatic carbocycles. The zero-order chi connectivity index (χ0) is 20.6. The average Bonchev–Trinajstić information content (AvgIpc) is 3.14. The van der Waals surface area contributed by atoms with Crippen molar-refractivity contribution in [2.24, 2.45) is 4.99 Å². The van der Waals surface area contributed by atoms with Gasteiger partial charge in [0.05, 0.1) is 18.7 Å². The molecule has 6 nitrogen and oxygen atoms in total. The maximum absolute atomic E-state index is 12.6. The second kappa shape index (κ2) is 12.1. The summed E-state index contributed by atoms with van der Waals surface area (Å²) in [5, 5.41) is 7.62. The number of nitrogens with zero attached hydrogens (tertiary/aromatic N) is 2. The zero-order valence-corrected chi connectivity index (χ0v) is 19.4. The molecule has 0 spiro atoms. The summed E-state index contributed by atoms with van der Waals surface area (Å²) in [6, 6.07) is 7.37. The highest BCUT2D eigenvalue weighted by Gasteiger charge is 2.33. The Hall–Kier alpha value is -1.76. The van der Waals surface area contributed by atoms with Gasteiger partial charge in [0, 0.05) is 25.4 Å². The van der Waals surface area contributed by atoms with Crippen LogP contribution in [0, 0.1) is 0 Å². The molecule has 0 radical (unpaired) electrons. The van der Waals surface area contributed by atoms with Gasteiger partial charge in [-0.2, -0.15) is 13.2 Å². The number of halogens is 4. The first-order valence-electron chi connectivity index (χ1n) is 8.59. The van der Waals surface area contributed by atoms with Gasteiger partial charge < -0.3 is 20.1 Å². The van der Waals surface area contributed by atoms with Gasteiger partial charge in [-0.3, -0.25) is 4.99 Å². The van der Waals surface area contributed by atoms with Crippen LogP contribution in [0.15, 0.2) is 34.6 Å². The summed E-state index contributed by atoms with van der Waals surface area (Å²) in [5.41, 5.74) is -0.850. The molecule has 1 atom stereocenters. The maximum Gasteiger partial charge on any atom is 0.434 e. The number of guanidine groups is 1. The van der Waals surface area contributed by atoms with Crippen LogP contribution < -0.4 is 20.1 Å². The number of hydrogen-bond acceptors (Lipinski definition) is 5. The number of para-hydroxylation sites is 2. The molecule has 0 bridgehead atoms. The lowest BCUT2D eigenvalue weighted by Crippen LogP contribution is -2.42. The summed E-state index contributed by atoms with van der Waals surface area (Å²) < 4.78 is 48.8. The Balaban J connectivity index is 0.00000420. The molecule has 1 aromatic heterocycles. The van der Waals surface area contributed by atoms with E-state index in [1.54, 1.807) is 14.2 Å². The summed E-state index contributed by atoms with van der Waals surface area (Å²) in [4.78, 5) is 7.70. The molecule has 0 saturated carbocycles. The number of rotatable bonds is 8. The van der Waals surface area contributed by atoms with Crippen LogP contribution in [-0.4, -0.2) is 44.3 Å².